The summed E-state index contributed by atoms with van der Waals surface area (Å²) < 4.78 is 1.11. The van der Waals surface area contributed by atoms with Crippen LogP contribution in [-0.4, -0.2) is 28.1 Å². The number of halogens is 1. The Hall–Kier alpha value is -0.680. The zero-order chi connectivity index (χ0) is 13.2. The zero-order valence-corrected chi connectivity index (χ0v) is 12.6. The topological polar surface area (TPSA) is 49.3 Å². The summed E-state index contributed by atoms with van der Waals surface area (Å²) in [6.07, 6.45) is 2.42. The molecule has 1 aromatic rings. The van der Waals surface area contributed by atoms with E-state index in [1.807, 2.05) is 17.8 Å². The van der Waals surface area contributed by atoms with Crippen LogP contribution >= 0.6 is 27.7 Å². The van der Waals surface area contributed by atoms with Crippen LogP contribution in [0, 0.1) is 0 Å². The van der Waals surface area contributed by atoms with Gasteiger partial charge < -0.3 is 10.4 Å². The molecule has 0 amide bonds. The molecule has 1 heterocycles. The van der Waals surface area contributed by atoms with Crippen molar-refractivity contribution in [3.63, 3.8) is 0 Å². The molecule has 2 N–H and O–H groups in total. The molecule has 0 radical (unpaired) electrons. The summed E-state index contributed by atoms with van der Waals surface area (Å²) in [6.45, 7) is 3.03. The number of anilines is 1. The second-order valence-corrected chi connectivity index (χ2v) is 7.35. The summed E-state index contributed by atoms with van der Waals surface area (Å²) in [4.78, 5) is 11.1. The lowest BCUT2D eigenvalue weighted by Gasteiger charge is -2.24. The van der Waals surface area contributed by atoms with Crippen molar-refractivity contribution in [3.05, 3.63) is 28.2 Å². The molecule has 1 aliphatic rings. The predicted molar refractivity (Wildman–Crippen MR) is 79.7 cm³/mol. The number of carboxylic acid groups (broad SMARTS) is 1. The molecule has 1 aromatic carbocycles. The van der Waals surface area contributed by atoms with E-state index >= 15 is 0 Å². The molecule has 0 saturated carbocycles. The van der Waals surface area contributed by atoms with Gasteiger partial charge in [0.1, 0.15) is 0 Å². The average molecular weight is 330 g/mol. The number of carbonyl (C=O) groups is 1. The van der Waals surface area contributed by atoms with E-state index in [1.54, 1.807) is 12.1 Å². The smallest absolute Gasteiger partial charge is 0.337 e. The van der Waals surface area contributed by atoms with Crippen molar-refractivity contribution in [2.45, 2.75) is 24.5 Å². The highest BCUT2D eigenvalue weighted by Crippen LogP contribution is 2.38. The van der Waals surface area contributed by atoms with E-state index in [0.717, 1.165) is 11.0 Å². The van der Waals surface area contributed by atoms with Crippen LogP contribution in [-0.2, 0) is 0 Å². The summed E-state index contributed by atoms with van der Waals surface area (Å²) >= 11 is 5.33. The molecule has 1 unspecified atom stereocenters. The van der Waals surface area contributed by atoms with Gasteiger partial charge in [-0.1, -0.05) is 15.9 Å². The van der Waals surface area contributed by atoms with E-state index in [2.05, 4.69) is 28.2 Å². The highest BCUT2D eigenvalue weighted by molar-refractivity contribution is 9.10. The minimum absolute atomic E-state index is 0.220. The van der Waals surface area contributed by atoms with Gasteiger partial charge in [-0.15, -0.1) is 0 Å². The molecule has 3 nitrogen and oxygen atoms in total. The Morgan fingerprint density at radius 2 is 2.39 bits per heavy atom. The molecule has 5 heteroatoms. The predicted octanol–water partition coefficient (Wildman–Crippen LogP) is 3.84. The van der Waals surface area contributed by atoms with Crippen molar-refractivity contribution >= 4 is 39.3 Å². The first kappa shape index (κ1) is 13.7. The third-order valence-electron chi connectivity index (χ3n) is 3.17. The second kappa shape index (κ2) is 5.53. The van der Waals surface area contributed by atoms with Gasteiger partial charge in [-0.2, -0.15) is 11.8 Å². The van der Waals surface area contributed by atoms with Crippen LogP contribution in [0.3, 0.4) is 0 Å². The van der Waals surface area contributed by atoms with Gasteiger partial charge in [0.05, 0.1) is 5.56 Å². The van der Waals surface area contributed by atoms with E-state index < -0.39 is 5.97 Å². The van der Waals surface area contributed by atoms with E-state index in [1.165, 1.54) is 18.6 Å². The lowest BCUT2D eigenvalue weighted by atomic mass is 10.1. The van der Waals surface area contributed by atoms with Crippen LogP contribution < -0.4 is 5.32 Å². The maximum absolute atomic E-state index is 11.1. The summed E-state index contributed by atoms with van der Waals surface area (Å²) in [7, 11) is 0. The first-order valence-corrected chi connectivity index (χ1v) is 7.69. The normalized spacial score (nSPS) is 23.0. The molecule has 18 heavy (non-hydrogen) atoms. The largest absolute Gasteiger partial charge is 0.478 e. The van der Waals surface area contributed by atoms with Gasteiger partial charge in [0.2, 0.25) is 0 Å². The molecular weight excluding hydrogens is 314 g/mol. The van der Waals surface area contributed by atoms with Crippen molar-refractivity contribution in [2.24, 2.45) is 0 Å². The Bertz CT molecular complexity index is 458. The van der Waals surface area contributed by atoms with E-state index in [0.29, 0.717) is 11.3 Å². The molecule has 1 atom stereocenters. The third-order valence-corrected chi connectivity index (χ3v) is 5.20. The fourth-order valence-electron chi connectivity index (χ4n) is 2.11. The van der Waals surface area contributed by atoms with Crippen LogP contribution in [0.25, 0.3) is 0 Å². The molecule has 0 aliphatic carbocycles. The maximum Gasteiger partial charge on any atom is 0.337 e. The fraction of sp³-hybridized carbons (Fsp3) is 0.462. The summed E-state index contributed by atoms with van der Waals surface area (Å²) in [6, 6.07) is 5.20. The number of carboxylic acids is 1. The second-order valence-electron chi connectivity index (χ2n) is 4.75. The minimum atomic E-state index is -0.894. The first-order valence-electron chi connectivity index (χ1n) is 5.91. The Morgan fingerprint density at radius 1 is 1.61 bits per heavy atom. The molecule has 2 rings (SSSR count). The highest BCUT2D eigenvalue weighted by atomic mass is 79.9. The van der Waals surface area contributed by atoms with Gasteiger partial charge in [-0.25, -0.2) is 4.79 Å². The molecular formula is C13H16BrNO2S. The highest BCUT2D eigenvalue weighted by Gasteiger charge is 2.29. The van der Waals surface area contributed by atoms with Crippen molar-refractivity contribution < 1.29 is 9.90 Å². The molecule has 1 saturated heterocycles. The van der Waals surface area contributed by atoms with Crippen LogP contribution in [0.5, 0.6) is 0 Å². The number of rotatable bonds is 4. The lowest BCUT2D eigenvalue weighted by molar-refractivity contribution is 0.0698. The van der Waals surface area contributed by atoms with Crippen molar-refractivity contribution in [2.75, 3.05) is 17.6 Å². The summed E-state index contributed by atoms with van der Waals surface area (Å²) in [5.41, 5.74) is 1.01. The van der Waals surface area contributed by atoms with Crippen molar-refractivity contribution in [3.8, 4) is 0 Å². The van der Waals surface area contributed by atoms with Gasteiger partial charge in [-0.3, -0.25) is 0 Å². The Balaban J connectivity index is 2.12. The summed E-state index contributed by atoms with van der Waals surface area (Å²) in [5, 5.41) is 12.4. The standard InChI is InChI=1S/C13H16BrNO2S/c1-13(5-2-6-18-13)8-15-11-7-9(14)3-4-10(11)12(16)17/h3-4,7,15H,2,5-6,8H2,1H3,(H,16,17). The van der Waals surface area contributed by atoms with Crippen molar-refractivity contribution in [1.29, 1.82) is 0 Å². The average Bonchev–Trinajstić information content (AvgIpc) is 2.74. The molecule has 0 spiro atoms. The molecule has 1 fully saturated rings. The van der Waals surface area contributed by atoms with Gasteiger partial charge in [0.15, 0.2) is 0 Å². The number of aromatic carboxylic acids is 1. The van der Waals surface area contributed by atoms with Gasteiger partial charge in [0.25, 0.3) is 0 Å². The fourth-order valence-corrected chi connectivity index (χ4v) is 3.71. The van der Waals surface area contributed by atoms with E-state index in [9.17, 15) is 4.79 Å². The van der Waals surface area contributed by atoms with Gasteiger partial charge >= 0.3 is 5.97 Å². The van der Waals surface area contributed by atoms with E-state index in [-0.39, 0.29) is 4.75 Å². The third kappa shape index (κ3) is 3.20. The maximum atomic E-state index is 11.1. The Labute approximate surface area is 119 Å². The number of hydrogen-bond donors (Lipinski definition) is 2. The number of benzene rings is 1. The van der Waals surface area contributed by atoms with Crippen LogP contribution in [0.15, 0.2) is 22.7 Å². The van der Waals surface area contributed by atoms with E-state index in [4.69, 9.17) is 5.11 Å². The van der Waals surface area contributed by atoms with Gasteiger partial charge in [0, 0.05) is 21.5 Å². The molecule has 0 aromatic heterocycles. The first-order chi connectivity index (χ1) is 8.50. The SMILES string of the molecule is CC1(CNc2cc(Br)ccc2C(=O)O)CCCS1. The molecule has 1 aliphatic heterocycles. The monoisotopic (exact) mass is 329 g/mol. The quantitative estimate of drug-likeness (QED) is 0.880. The zero-order valence-electron chi connectivity index (χ0n) is 10.2. The number of nitrogens with one attached hydrogen (secondary N) is 1. The van der Waals surface area contributed by atoms with Crippen LogP contribution in [0.2, 0.25) is 0 Å². The van der Waals surface area contributed by atoms with Crippen molar-refractivity contribution in [1.82, 2.24) is 0 Å². The number of thioether (sulfide) groups is 1. The van der Waals surface area contributed by atoms with Crippen LogP contribution in [0.1, 0.15) is 30.1 Å². The Kier molecular flexibility index (Phi) is 4.22. The number of hydrogen-bond acceptors (Lipinski definition) is 3. The molecule has 0 bridgehead atoms. The van der Waals surface area contributed by atoms with Crippen LogP contribution in [0.4, 0.5) is 5.69 Å². The van der Waals surface area contributed by atoms with Gasteiger partial charge in [-0.05, 0) is 43.7 Å². The lowest BCUT2D eigenvalue weighted by Crippen LogP contribution is -2.27. The minimum Gasteiger partial charge on any atom is -0.478 e. The summed E-state index contributed by atoms with van der Waals surface area (Å²) in [5.74, 6) is 0.303. The Morgan fingerprint density at radius 3 is 3.00 bits per heavy atom. The molecule has 98 valence electrons.